The fraction of sp³-hybridized carbons (Fsp3) is 0.286. The molecule has 7 heteroatoms. The van der Waals surface area contributed by atoms with E-state index in [0.717, 1.165) is 18.7 Å². The largest absolute Gasteiger partial charge is 0.493 e. The number of para-hydroxylation sites is 1. The van der Waals surface area contributed by atoms with Crippen LogP contribution >= 0.6 is 0 Å². The number of alkyl halides is 2. The van der Waals surface area contributed by atoms with E-state index in [4.69, 9.17) is 4.74 Å². The van der Waals surface area contributed by atoms with Gasteiger partial charge in [0, 0.05) is 31.9 Å². The van der Waals surface area contributed by atoms with Crippen LogP contribution in [0, 0.1) is 0 Å². The number of hydrogen-bond donors (Lipinski definition) is 1. The van der Waals surface area contributed by atoms with E-state index in [-0.39, 0.29) is 17.4 Å². The highest BCUT2D eigenvalue weighted by Crippen LogP contribution is 2.29. The summed E-state index contributed by atoms with van der Waals surface area (Å²) in [5.41, 5.74) is 1.76. The Kier molecular flexibility index (Phi) is 8.27. The van der Waals surface area contributed by atoms with Gasteiger partial charge in [-0.3, -0.25) is 4.79 Å². The van der Waals surface area contributed by atoms with E-state index in [1.807, 2.05) is 37.4 Å². The van der Waals surface area contributed by atoms with Crippen molar-refractivity contribution in [1.29, 1.82) is 0 Å². The molecular weight excluding hydrogens is 366 g/mol. The maximum Gasteiger partial charge on any atom is 0.387 e. The van der Waals surface area contributed by atoms with E-state index >= 15 is 0 Å². The summed E-state index contributed by atoms with van der Waals surface area (Å²) in [5, 5.41) is 2.82. The highest BCUT2D eigenvalue weighted by molar-refractivity contribution is 5.91. The van der Waals surface area contributed by atoms with E-state index in [1.54, 1.807) is 12.1 Å². The molecule has 1 amide bonds. The molecule has 0 aromatic heterocycles. The standard InChI is InChI=1S/C21H24F2N2O3/c1-25(17-7-4-3-5-8-17)14-6-13-24-20(26)12-10-16-9-11-18(28-21(22)23)19(15-16)27-2/h3-5,7-12,15,21H,6,13-14H2,1-2H3,(H,24,26)/b12-10+. The van der Waals surface area contributed by atoms with Crippen LogP contribution in [0.3, 0.4) is 0 Å². The zero-order chi connectivity index (χ0) is 20.4. The van der Waals surface area contributed by atoms with Crippen LogP contribution in [0.25, 0.3) is 6.08 Å². The number of carbonyl (C=O) groups excluding carboxylic acids is 1. The molecule has 1 N–H and O–H groups in total. The van der Waals surface area contributed by atoms with Crippen LogP contribution in [0.5, 0.6) is 11.5 Å². The van der Waals surface area contributed by atoms with E-state index in [2.05, 4.69) is 15.0 Å². The number of methoxy groups -OCH3 is 1. The van der Waals surface area contributed by atoms with Gasteiger partial charge in [-0.15, -0.1) is 0 Å². The van der Waals surface area contributed by atoms with Gasteiger partial charge < -0.3 is 19.7 Å². The van der Waals surface area contributed by atoms with E-state index in [0.29, 0.717) is 12.1 Å². The Morgan fingerprint density at radius 2 is 1.93 bits per heavy atom. The third-order valence-corrected chi connectivity index (χ3v) is 4.00. The molecule has 0 fully saturated rings. The summed E-state index contributed by atoms with van der Waals surface area (Å²) >= 11 is 0. The van der Waals surface area contributed by atoms with Gasteiger partial charge in [0.1, 0.15) is 0 Å². The zero-order valence-electron chi connectivity index (χ0n) is 15.9. The molecule has 0 saturated heterocycles. The number of nitrogens with one attached hydrogen (secondary N) is 1. The van der Waals surface area contributed by atoms with Gasteiger partial charge in [-0.2, -0.15) is 8.78 Å². The van der Waals surface area contributed by atoms with Crippen LogP contribution in [0.1, 0.15) is 12.0 Å². The highest BCUT2D eigenvalue weighted by Gasteiger charge is 2.10. The minimum absolute atomic E-state index is 0.0540. The normalized spacial score (nSPS) is 10.9. The van der Waals surface area contributed by atoms with Crippen molar-refractivity contribution in [2.75, 3.05) is 32.1 Å². The Balaban J connectivity index is 1.78. The lowest BCUT2D eigenvalue weighted by atomic mass is 10.2. The van der Waals surface area contributed by atoms with Gasteiger partial charge in [-0.25, -0.2) is 0 Å². The van der Waals surface area contributed by atoms with Crippen LogP contribution in [0.15, 0.2) is 54.6 Å². The minimum Gasteiger partial charge on any atom is -0.493 e. The zero-order valence-corrected chi connectivity index (χ0v) is 15.9. The molecule has 2 rings (SSSR count). The topological polar surface area (TPSA) is 50.8 Å². The number of amides is 1. The Hall–Kier alpha value is -3.09. The fourth-order valence-electron chi connectivity index (χ4n) is 2.55. The first-order chi connectivity index (χ1) is 13.5. The molecule has 2 aromatic rings. The van der Waals surface area contributed by atoms with Crippen molar-refractivity contribution in [2.24, 2.45) is 0 Å². The number of carbonyl (C=O) groups is 1. The van der Waals surface area contributed by atoms with Gasteiger partial charge in [0.2, 0.25) is 5.91 Å². The van der Waals surface area contributed by atoms with Crippen molar-refractivity contribution in [3.8, 4) is 11.5 Å². The van der Waals surface area contributed by atoms with Crippen molar-refractivity contribution < 1.29 is 23.0 Å². The molecular formula is C21H24F2N2O3. The molecule has 0 radical (unpaired) electrons. The monoisotopic (exact) mass is 390 g/mol. The summed E-state index contributed by atoms with van der Waals surface area (Å²) < 4.78 is 34.1. The summed E-state index contributed by atoms with van der Waals surface area (Å²) in [6.07, 6.45) is 3.78. The lowest BCUT2D eigenvalue weighted by molar-refractivity contribution is -0.116. The fourth-order valence-corrected chi connectivity index (χ4v) is 2.55. The Morgan fingerprint density at radius 1 is 1.18 bits per heavy atom. The number of hydrogen-bond acceptors (Lipinski definition) is 4. The van der Waals surface area contributed by atoms with Gasteiger partial charge in [-0.05, 0) is 42.3 Å². The van der Waals surface area contributed by atoms with E-state index in [1.165, 1.54) is 25.3 Å². The predicted molar refractivity (Wildman–Crippen MR) is 106 cm³/mol. The molecule has 0 saturated carbocycles. The first-order valence-corrected chi connectivity index (χ1v) is 8.84. The number of ether oxygens (including phenoxy) is 2. The van der Waals surface area contributed by atoms with Crippen molar-refractivity contribution >= 4 is 17.7 Å². The average Bonchev–Trinajstić information content (AvgIpc) is 2.70. The lowest BCUT2D eigenvalue weighted by Gasteiger charge is -2.19. The molecule has 0 heterocycles. The van der Waals surface area contributed by atoms with Gasteiger partial charge in [0.05, 0.1) is 7.11 Å². The molecule has 0 bridgehead atoms. The smallest absolute Gasteiger partial charge is 0.387 e. The summed E-state index contributed by atoms with van der Waals surface area (Å²) in [6, 6.07) is 14.5. The van der Waals surface area contributed by atoms with Crippen LogP contribution in [0.2, 0.25) is 0 Å². The summed E-state index contributed by atoms with van der Waals surface area (Å²) in [4.78, 5) is 14.1. The third kappa shape index (κ3) is 6.90. The molecule has 0 aliphatic carbocycles. The van der Waals surface area contributed by atoms with Crippen LogP contribution in [-0.2, 0) is 4.79 Å². The molecule has 0 spiro atoms. The SMILES string of the molecule is COc1cc(/C=C/C(=O)NCCCN(C)c2ccccc2)ccc1OC(F)F. The average molecular weight is 390 g/mol. The lowest BCUT2D eigenvalue weighted by Crippen LogP contribution is -2.26. The van der Waals surface area contributed by atoms with Crippen molar-refractivity contribution in [3.63, 3.8) is 0 Å². The summed E-state index contributed by atoms with van der Waals surface area (Å²) in [7, 11) is 3.37. The Labute approximate surface area is 163 Å². The predicted octanol–water partition coefficient (Wildman–Crippen LogP) is 3.95. The van der Waals surface area contributed by atoms with Crippen molar-refractivity contribution in [1.82, 2.24) is 5.32 Å². The number of nitrogens with zero attached hydrogens (tertiary/aromatic N) is 1. The van der Waals surface area contributed by atoms with Crippen LogP contribution < -0.4 is 19.7 Å². The van der Waals surface area contributed by atoms with E-state index < -0.39 is 6.61 Å². The second-order valence-corrected chi connectivity index (χ2v) is 6.02. The molecule has 0 atom stereocenters. The summed E-state index contributed by atoms with van der Waals surface area (Å²) in [6.45, 7) is -1.57. The molecule has 0 aliphatic heterocycles. The molecule has 0 aliphatic rings. The molecule has 150 valence electrons. The first kappa shape index (κ1) is 21.2. The quantitative estimate of drug-likeness (QED) is 0.493. The number of benzene rings is 2. The highest BCUT2D eigenvalue weighted by atomic mass is 19.3. The van der Waals surface area contributed by atoms with Crippen molar-refractivity contribution in [3.05, 3.63) is 60.2 Å². The summed E-state index contributed by atoms with van der Waals surface area (Å²) in [5.74, 6) is -0.109. The Morgan fingerprint density at radius 3 is 2.61 bits per heavy atom. The molecule has 2 aromatic carbocycles. The second-order valence-electron chi connectivity index (χ2n) is 6.02. The van der Waals surface area contributed by atoms with Gasteiger partial charge in [-0.1, -0.05) is 24.3 Å². The second kappa shape index (κ2) is 10.9. The molecule has 5 nitrogen and oxygen atoms in total. The minimum atomic E-state index is -2.93. The maximum atomic E-state index is 12.3. The van der Waals surface area contributed by atoms with Crippen molar-refractivity contribution in [2.45, 2.75) is 13.0 Å². The van der Waals surface area contributed by atoms with Gasteiger partial charge >= 0.3 is 6.61 Å². The number of rotatable bonds is 10. The number of anilines is 1. The first-order valence-electron chi connectivity index (χ1n) is 8.84. The third-order valence-electron chi connectivity index (χ3n) is 4.00. The number of halogens is 2. The Bertz CT molecular complexity index is 782. The molecule has 28 heavy (non-hydrogen) atoms. The van der Waals surface area contributed by atoms with Crippen LogP contribution in [0.4, 0.5) is 14.5 Å². The van der Waals surface area contributed by atoms with Gasteiger partial charge in [0.15, 0.2) is 11.5 Å². The van der Waals surface area contributed by atoms with E-state index in [9.17, 15) is 13.6 Å². The molecule has 0 unspecified atom stereocenters. The van der Waals surface area contributed by atoms with Crippen LogP contribution in [-0.4, -0.2) is 39.8 Å². The van der Waals surface area contributed by atoms with Gasteiger partial charge in [0.25, 0.3) is 0 Å². The maximum absolute atomic E-state index is 12.3.